The third-order valence-electron chi connectivity index (χ3n) is 4.62. The van der Waals surface area contributed by atoms with Gasteiger partial charge in [0.1, 0.15) is 13.2 Å². The molecule has 0 saturated heterocycles. The highest BCUT2D eigenvalue weighted by Gasteiger charge is 2.19. The first-order chi connectivity index (χ1) is 13.0. The van der Waals surface area contributed by atoms with E-state index in [4.69, 9.17) is 9.47 Å². The van der Waals surface area contributed by atoms with Crippen LogP contribution in [-0.2, 0) is 7.05 Å². The Balaban J connectivity index is 1.60. The van der Waals surface area contributed by atoms with E-state index in [1.807, 2.05) is 55.9 Å². The van der Waals surface area contributed by atoms with E-state index in [2.05, 4.69) is 9.55 Å². The lowest BCUT2D eigenvalue weighted by Gasteiger charge is -2.20. The van der Waals surface area contributed by atoms with Gasteiger partial charge in [0.25, 0.3) is 0 Å². The number of ether oxygens (including phenoxy) is 2. The molecule has 0 spiro atoms. The molecule has 0 aliphatic carbocycles. The molecule has 27 heavy (non-hydrogen) atoms. The van der Waals surface area contributed by atoms with Gasteiger partial charge in [-0.1, -0.05) is 11.8 Å². The number of fused-ring (bicyclic) bond motifs is 1. The van der Waals surface area contributed by atoms with Gasteiger partial charge in [-0.2, -0.15) is 0 Å². The number of rotatable bonds is 5. The first-order valence-corrected chi connectivity index (χ1v) is 9.75. The Morgan fingerprint density at radius 2 is 1.96 bits per heavy atom. The van der Waals surface area contributed by atoms with Crippen LogP contribution in [-0.4, -0.2) is 38.9 Å². The minimum atomic E-state index is 0.0971. The average molecular weight is 383 g/mol. The highest BCUT2D eigenvalue weighted by Crippen LogP contribution is 2.33. The van der Waals surface area contributed by atoms with Gasteiger partial charge in [-0.15, -0.1) is 0 Å². The first-order valence-electron chi connectivity index (χ1n) is 8.77. The van der Waals surface area contributed by atoms with E-state index < -0.39 is 0 Å². The standard InChI is InChI=1S/C20H21N3O3S/c1-13-10-16(17(24)12-27-20-21-6-7-22(20)3)14(2)23(13)15-4-5-18-19(11-15)26-9-8-25-18/h4-7,10-11H,8-9,12H2,1-3H3. The Morgan fingerprint density at radius 3 is 2.70 bits per heavy atom. The van der Waals surface area contributed by atoms with Crippen molar-refractivity contribution in [1.29, 1.82) is 0 Å². The molecule has 1 aromatic carbocycles. The number of nitrogens with zero attached hydrogens (tertiary/aromatic N) is 3. The molecule has 7 heteroatoms. The summed E-state index contributed by atoms with van der Waals surface area (Å²) in [6.07, 6.45) is 3.61. The van der Waals surface area contributed by atoms with Crippen molar-refractivity contribution in [2.75, 3.05) is 19.0 Å². The SMILES string of the molecule is Cc1cc(C(=O)CSc2nccn2C)c(C)n1-c1ccc2c(c1)OCCO2. The van der Waals surface area contributed by atoms with Gasteiger partial charge in [0.2, 0.25) is 0 Å². The van der Waals surface area contributed by atoms with Crippen LogP contribution in [0.4, 0.5) is 0 Å². The van der Waals surface area contributed by atoms with Crippen molar-refractivity contribution in [2.45, 2.75) is 19.0 Å². The number of aromatic nitrogens is 3. The summed E-state index contributed by atoms with van der Waals surface area (Å²) in [6.45, 7) is 5.10. The van der Waals surface area contributed by atoms with E-state index in [-0.39, 0.29) is 5.78 Å². The zero-order valence-corrected chi connectivity index (χ0v) is 16.4. The predicted molar refractivity (Wildman–Crippen MR) is 104 cm³/mol. The molecule has 2 aromatic heterocycles. The van der Waals surface area contributed by atoms with Gasteiger partial charge in [0, 0.05) is 48.1 Å². The Bertz CT molecular complexity index is 1010. The van der Waals surface area contributed by atoms with Gasteiger partial charge in [-0.05, 0) is 32.0 Å². The fourth-order valence-electron chi connectivity index (χ4n) is 3.31. The summed E-state index contributed by atoms with van der Waals surface area (Å²) < 4.78 is 15.3. The third-order valence-corrected chi connectivity index (χ3v) is 5.68. The van der Waals surface area contributed by atoms with Crippen molar-refractivity contribution in [3.63, 3.8) is 0 Å². The lowest BCUT2D eigenvalue weighted by atomic mass is 10.2. The molecule has 4 rings (SSSR count). The second-order valence-corrected chi connectivity index (χ2v) is 7.42. The number of hydrogen-bond donors (Lipinski definition) is 0. The normalized spacial score (nSPS) is 13.0. The van der Waals surface area contributed by atoms with Gasteiger partial charge in [-0.25, -0.2) is 4.98 Å². The second kappa shape index (κ2) is 7.15. The molecule has 6 nitrogen and oxygen atoms in total. The van der Waals surface area contributed by atoms with Gasteiger partial charge in [0.15, 0.2) is 22.4 Å². The number of carbonyl (C=O) groups excluding carboxylic acids is 1. The van der Waals surface area contributed by atoms with Gasteiger partial charge in [0.05, 0.1) is 5.75 Å². The monoisotopic (exact) mass is 383 g/mol. The summed E-state index contributed by atoms with van der Waals surface area (Å²) in [5, 5.41) is 0.837. The summed E-state index contributed by atoms with van der Waals surface area (Å²) in [6, 6.07) is 7.82. The number of thioether (sulfide) groups is 1. The fraction of sp³-hybridized carbons (Fsp3) is 0.300. The lowest BCUT2D eigenvalue weighted by molar-refractivity contribution is 0.102. The van der Waals surface area contributed by atoms with E-state index in [1.165, 1.54) is 11.8 Å². The number of carbonyl (C=O) groups is 1. The van der Waals surface area contributed by atoms with Crippen LogP contribution in [0.15, 0.2) is 41.8 Å². The predicted octanol–water partition coefficient (Wildman–Crippen LogP) is 3.57. The van der Waals surface area contributed by atoms with Crippen molar-refractivity contribution in [3.8, 4) is 17.2 Å². The lowest BCUT2D eigenvalue weighted by Crippen LogP contribution is -2.15. The van der Waals surface area contributed by atoms with Crippen molar-refractivity contribution < 1.29 is 14.3 Å². The maximum Gasteiger partial charge on any atom is 0.175 e. The molecule has 1 aliphatic rings. The van der Waals surface area contributed by atoms with Crippen LogP contribution in [0.3, 0.4) is 0 Å². The maximum absolute atomic E-state index is 12.8. The number of hydrogen-bond acceptors (Lipinski definition) is 5. The molecule has 0 atom stereocenters. The average Bonchev–Trinajstić information content (AvgIpc) is 3.21. The molecule has 0 unspecified atom stereocenters. The molecule has 1 aliphatic heterocycles. The molecule has 0 amide bonds. The molecule has 3 heterocycles. The minimum absolute atomic E-state index is 0.0971. The Hall–Kier alpha value is -2.67. The zero-order valence-electron chi connectivity index (χ0n) is 15.6. The van der Waals surface area contributed by atoms with Crippen LogP contribution in [0, 0.1) is 13.8 Å². The molecule has 0 fully saturated rings. The summed E-state index contributed by atoms with van der Waals surface area (Å²) in [4.78, 5) is 17.0. The number of benzene rings is 1. The van der Waals surface area contributed by atoms with E-state index in [1.54, 1.807) is 6.20 Å². The van der Waals surface area contributed by atoms with Crippen molar-refractivity contribution >= 4 is 17.5 Å². The highest BCUT2D eigenvalue weighted by atomic mass is 32.2. The van der Waals surface area contributed by atoms with E-state index >= 15 is 0 Å². The number of imidazole rings is 1. The third kappa shape index (κ3) is 3.35. The first kappa shape index (κ1) is 17.7. The summed E-state index contributed by atoms with van der Waals surface area (Å²) in [5.74, 6) is 1.95. The van der Waals surface area contributed by atoms with Gasteiger partial charge >= 0.3 is 0 Å². The van der Waals surface area contributed by atoms with Crippen molar-refractivity contribution in [3.05, 3.63) is 53.6 Å². The van der Waals surface area contributed by atoms with Crippen LogP contribution in [0.5, 0.6) is 11.5 Å². The smallest absolute Gasteiger partial charge is 0.175 e. The van der Waals surface area contributed by atoms with E-state index in [0.717, 1.165) is 39.3 Å². The second-order valence-electron chi connectivity index (χ2n) is 6.48. The quantitative estimate of drug-likeness (QED) is 0.498. The van der Waals surface area contributed by atoms with Crippen molar-refractivity contribution in [2.24, 2.45) is 7.05 Å². The van der Waals surface area contributed by atoms with Crippen LogP contribution in [0.25, 0.3) is 5.69 Å². The zero-order chi connectivity index (χ0) is 19.0. The van der Waals surface area contributed by atoms with Gasteiger partial charge < -0.3 is 18.6 Å². The Kier molecular flexibility index (Phi) is 4.70. The van der Waals surface area contributed by atoms with E-state index in [9.17, 15) is 4.79 Å². The number of Topliss-reactive ketones (excluding diaryl/α,β-unsaturated/α-hetero) is 1. The van der Waals surface area contributed by atoms with Crippen molar-refractivity contribution in [1.82, 2.24) is 14.1 Å². The Morgan fingerprint density at radius 1 is 1.19 bits per heavy atom. The molecule has 0 saturated carbocycles. The number of aryl methyl sites for hydroxylation is 2. The van der Waals surface area contributed by atoms with E-state index in [0.29, 0.717) is 19.0 Å². The molecular formula is C20H21N3O3S. The largest absolute Gasteiger partial charge is 0.486 e. The minimum Gasteiger partial charge on any atom is -0.486 e. The summed E-state index contributed by atoms with van der Waals surface area (Å²) >= 11 is 1.45. The van der Waals surface area contributed by atoms with Crippen LogP contribution in [0.2, 0.25) is 0 Å². The molecule has 3 aromatic rings. The van der Waals surface area contributed by atoms with Crippen LogP contribution < -0.4 is 9.47 Å². The van der Waals surface area contributed by atoms with Crippen LogP contribution >= 0.6 is 11.8 Å². The summed E-state index contributed by atoms with van der Waals surface area (Å²) in [5.41, 5.74) is 3.64. The molecule has 0 radical (unpaired) electrons. The maximum atomic E-state index is 12.8. The Labute approximate surface area is 162 Å². The highest BCUT2D eigenvalue weighted by molar-refractivity contribution is 7.99. The fourth-order valence-corrected chi connectivity index (χ4v) is 4.13. The topological polar surface area (TPSA) is 58.3 Å². The molecule has 0 bridgehead atoms. The van der Waals surface area contributed by atoms with Gasteiger partial charge in [-0.3, -0.25) is 4.79 Å². The molecule has 0 N–H and O–H groups in total. The summed E-state index contributed by atoms with van der Waals surface area (Å²) in [7, 11) is 1.92. The van der Waals surface area contributed by atoms with Crippen LogP contribution in [0.1, 0.15) is 21.7 Å². The molecular weight excluding hydrogens is 362 g/mol. The number of ketones is 1. The molecule has 140 valence electrons.